The highest BCUT2D eigenvalue weighted by molar-refractivity contribution is 5.74. The van der Waals surface area contributed by atoms with E-state index in [-0.39, 0.29) is 18.0 Å². The lowest BCUT2D eigenvalue weighted by molar-refractivity contribution is -0.143. The van der Waals surface area contributed by atoms with Gasteiger partial charge in [-0.2, -0.15) is 0 Å². The van der Waals surface area contributed by atoms with Gasteiger partial charge in [-0.25, -0.2) is 0 Å². The Morgan fingerprint density at radius 1 is 1.46 bits per heavy atom. The van der Waals surface area contributed by atoms with Gasteiger partial charge in [-0.05, 0) is 31.3 Å². The van der Waals surface area contributed by atoms with Gasteiger partial charge in [0.1, 0.15) is 6.10 Å². The molecule has 72 valence electrons. The summed E-state index contributed by atoms with van der Waals surface area (Å²) in [7, 11) is 0. The van der Waals surface area contributed by atoms with Crippen LogP contribution in [0, 0.1) is 5.92 Å². The summed E-state index contributed by atoms with van der Waals surface area (Å²) in [5.41, 5.74) is 1.36. The van der Waals surface area contributed by atoms with Gasteiger partial charge in [0.15, 0.2) is 0 Å². The first-order valence-corrected chi connectivity index (χ1v) is 5.17. The van der Waals surface area contributed by atoms with E-state index in [2.05, 4.69) is 6.08 Å². The Bertz CT molecular complexity index is 242. The van der Waals surface area contributed by atoms with Crippen LogP contribution in [0.1, 0.15) is 39.0 Å². The Labute approximate surface area is 79.0 Å². The average Bonchev–Trinajstić information content (AvgIpc) is 2.49. The van der Waals surface area contributed by atoms with Crippen molar-refractivity contribution in [2.45, 2.75) is 45.1 Å². The lowest BCUT2D eigenvalue weighted by atomic mass is 9.92. The van der Waals surface area contributed by atoms with Crippen LogP contribution in [0.5, 0.6) is 0 Å². The summed E-state index contributed by atoms with van der Waals surface area (Å²) in [4.78, 5) is 11.2. The van der Waals surface area contributed by atoms with Gasteiger partial charge in [-0.1, -0.05) is 13.0 Å². The summed E-state index contributed by atoms with van der Waals surface area (Å²) in [6, 6.07) is 0. The SMILES string of the molecule is CC1CC(C2=CCCCC2)OC1=O. The van der Waals surface area contributed by atoms with Crippen molar-refractivity contribution in [1.82, 2.24) is 0 Å². The fourth-order valence-electron chi connectivity index (χ4n) is 2.10. The molecule has 2 unspecified atom stereocenters. The molecule has 0 aromatic rings. The Hall–Kier alpha value is -0.790. The molecule has 0 spiro atoms. The van der Waals surface area contributed by atoms with Crippen LogP contribution in [-0.2, 0) is 9.53 Å². The second kappa shape index (κ2) is 3.52. The fourth-order valence-corrected chi connectivity index (χ4v) is 2.10. The third-order valence-electron chi connectivity index (χ3n) is 2.97. The molecule has 0 radical (unpaired) electrons. The Morgan fingerprint density at radius 3 is 2.85 bits per heavy atom. The van der Waals surface area contributed by atoms with Crippen molar-refractivity contribution in [3.63, 3.8) is 0 Å². The van der Waals surface area contributed by atoms with Gasteiger partial charge < -0.3 is 4.74 Å². The maximum atomic E-state index is 11.2. The predicted octanol–water partition coefficient (Wildman–Crippen LogP) is 2.44. The van der Waals surface area contributed by atoms with Crippen molar-refractivity contribution in [2.75, 3.05) is 0 Å². The molecule has 2 heteroatoms. The lowest BCUT2D eigenvalue weighted by Gasteiger charge is -2.17. The number of esters is 1. The van der Waals surface area contributed by atoms with Gasteiger partial charge in [0.25, 0.3) is 0 Å². The van der Waals surface area contributed by atoms with E-state index in [1.54, 1.807) is 0 Å². The molecule has 2 nitrogen and oxygen atoms in total. The van der Waals surface area contributed by atoms with Crippen molar-refractivity contribution in [3.05, 3.63) is 11.6 Å². The minimum Gasteiger partial charge on any atom is -0.458 e. The van der Waals surface area contributed by atoms with Gasteiger partial charge >= 0.3 is 5.97 Å². The molecule has 0 aromatic heterocycles. The van der Waals surface area contributed by atoms with Crippen LogP contribution in [0.3, 0.4) is 0 Å². The van der Waals surface area contributed by atoms with Crippen LogP contribution in [-0.4, -0.2) is 12.1 Å². The van der Waals surface area contributed by atoms with Crippen molar-refractivity contribution >= 4 is 5.97 Å². The molecule has 1 aliphatic carbocycles. The van der Waals surface area contributed by atoms with E-state index < -0.39 is 0 Å². The summed E-state index contributed by atoms with van der Waals surface area (Å²) < 4.78 is 5.31. The van der Waals surface area contributed by atoms with Crippen molar-refractivity contribution in [2.24, 2.45) is 5.92 Å². The second-order valence-electron chi connectivity index (χ2n) is 4.09. The summed E-state index contributed by atoms with van der Waals surface area (Å²) in [6.45, 7) is 1.95. The number of ether oxygens (including phenoxy) is 1. The monoisotopic (exact) mass is 180 g/mol. The lowest BCUT2D eigenvalue weighted by Crippen LogP contribution is -2.12. The molecule has 13 heavy (non-hydrogen) atoms. The second-order valence-corrected chi connectivity index (χ2v) is 4.09. The molecule has 1 fully saturated rings. The number of allylic oxidation sites excluding steroid dienone is 1. The third kappa shape index (κ3) is 1.77. The topological polar surface area (TPSA) is 26.3 Å². The van der Waals surface area contributed by atoms with Gasteiger partial charge in [-0.15, -0.1) is 0 Å². The standard InChI is InChI=1S/C11H16O2/c1-8-7-10(13-11(8)12)9-5-3-2-4-6-9/h5,8,10H,2-4,6-7H2,1H3. The van der Waals surface area contributed by atoms with E-state index in [4.69, 9.17) is 4.74 Å². The smallest absolute Gasteiger partial charge is 0.309 e. The van der Waals surface area contributed by atoms with Crippen molar-refractivity contribution in [1.29, 1.82) is 0 Å². The zero-order valence-corrected chi connectivity index (χ0v) is 8.08. The van der Waals surface area contributed by atoms with Crippen LogP contribution in [0.4, 0.5) is 0 Å². The highest BCUT2D eigenvalue weighted by Gasteiger charge is 2.33. The highest BCUT2D eigenvalue weighted by Crippen LogP contribution is 2.30. The number of carbonyl (C=O) groups is 1. The summed E-state index contributed by atoms with van der Waals surface area (Å²) in [6.07, 6.45) is 8.11. The first kappa shape index (κ1) is 8.79. The van der Waals surface area contributed by atoms with E-state index in [9.17, 15) is 4.79 Å². The molecule has 1 heterocycles. The summed E-state index contributed by atoms with van der Waals surface area (Å²) in [5, 5.41) is 0. The number of hydrogen-bond acceptors (Lipinski definition) is 2. The first-order chi connectivity index (χ1) is 6.27. The Kier molecular flexibility index (Phi) is 2.38. The molecule has 0 aromatic carbocycles. The van der Waals surface area contributed by atoms with Crippen LogP contribution in [0.25, 0.3) is 0 Å². The molecule has 0 amide bonds. The highest BCUT2D eigenvalue weighted by atomic mass is 16.6. The van der Waals surface area contributed by atoms with Gasteiger partial charge in [0, 0.05) is 6.42 Å². The Morgan fingerprint density at radius 2 is 2.31 bits per heavy atom. The normalized spacial score (nSPS) is 34.2. The van der Waals surface area contributed by atoms with E-state index >= 15 is 0 Å². The van der Waals surface area contributed by atoms with Crippen molar-refractivity contribution in [3.8, 4) is 0 Å². The number of cyclic esters (lactones) is 1. The predicted molar refractivity (Wildman–Crippen MR) is 50.2 cm³/mol. The minimum absolute atomic E-state index is 0.0172. The molecule has 2 aliphatic rings. The summed E-state index contributed by atoms with van der Waals surface area (Å²) in [5.74, 6) is 0.0873. The third-order valence-corrected chi connectivity index (χ3v) is 2.97. The summed E-state index contributed by atoms with van der Waals surface area (Å²) >= 11 is 0. The first-order valence-electron chi connectivity index (χ1n) is 5.17. The van der Waals surface area contributed by atoms with Crippen LogP contribution in [0.2, 0.25) is 0 Å². The minimum atomic E-state index is -0.0172. The average molecular weight is 180 g/mol. The van der Waals surface area contributed by atoms with Crippen LogP contribution < -0.4 is 0 Å². The molecule has 0 bridgehead atoms. The maximum Gasteiger partial charge on any atom is 0.309 e. The van der Waals surface area contributed by atoms with Gasteiger partial charge in [0.2, 0.25) is 0 Å². The molecule has 0 N–H and O–H groups in total. The van der Waals surface area contributed by atoms with E-state index in [0.717, 1.165) is 19.3 Å². The van der Waals surface area contributed by atoms with Crippen LogP contribution in [0.15, 0.2) is 11.6 Å². The van der Waals surface area contributed by atoms with E-state index in [1.807, 2.05) is 6.92 Å². The van der Waals surface area contributed by atoms with Gasteiger partial charge in [-0.3, -0.25) is 4.79 Å². The van der Waals surface area contributed by atoms with E-state index in [0.29, 0.717) is 0 Å². The number of carbonyl (C=O) groups excluding carboxylic acids is 1. The van der Waals surface area contributed by atoms with Gasteiger partial charge in [0.05, 0.1) is 5.92 Å². The largest absolute Gasteiger partial charge is 0.458 e. The molecule has 1 aliphatic heterocycles. The van der Waals surface area contributed by atoms with Crippen molar-refractivity contribution < 1.29 is 9.53 Å². The maximum absolute atomic E-state index is 11.2. The molecule has 1 saturated heterocycles. The molecular weight excluding hydrogens is 164 g/mol. The van der Waals surface area contributed by atoms with E-state index in [1.165, 1.54) is 18.4 Å². The Balaban J connectivity index is 2.02. The molecule has 2 rings (SSSR count). The fraction of sp³-hybridized carbons (Fsp3) is 0.727. The molecular formula is C11H16O2. The zero-order chi connectivity index (χ0) is 9.26. The molecule has 0 saturated carbocycles. The quantitative estimate of drug-likeness (QED) is 0.457. The zero-order valence-electron chi connectivity index (χ0n) is 8.08. The number of hydrogen-bond donors (Lipinski definition) is 0. The number of rotatable bonds is 1. The molecule has 2 atom stereocenters. The van der Waals surface area contributed by atoms with Crippen LogP contribution >= 0.6 is 0 Å².